The molecule has 0 aliphatic heterocycles. The van der Waals surface area contributed by atoms with Crippen molar-refractivity contribution >= 4 is 0 Å². The molecule has 0 spiro atoms. The summed E-state index contributed by atoms with van der Waals surface area (Å²) in [5.41, 5.74) is 3.68. The number of rotatable bonds is 15. The van der Waals surface area contributed by atoms with Gasteiger partial charge in [-0.2, -0.15) is 0 Å². The van der Waals surface area contributed by atoms with E-state index in [4.69, 9.17) is 4.74 Å². The van der Waals surface area contributed by atoms with Gasteiger partial charge in [-0.25, -0.2) is 0 Å². The fourth-order valence-electron chi connectivity index (χ4n) is 4.04. The van der Waals surface area contributed by atoms with Crippen molar-refractivity contribution in [3.8, 4) is 0 Å². The van der Waals surface area contributed by atoms with Crippen LogP contribution in [0.15, 0.2) is 91.0 Å². The summed E-state index contributed by atoms with van der Waals surface area (Å²) in [5, 5.41) is 13.5. The Balaban J connectivity index is 1.23. The fourth-order valence-corrected chi connectivity index (χ4v) is 4.04. The third-order valence-electron chi connectivity index (χ3n) is 5.87. The third-order valence-corrected chi connectivity index (χ3v) is 5.87. The third kappa shape index (κ3) is 8.58. The molecule has 3 rings (SSSR count). The second kappa shape index (κ2) is 14.6. The molecule has 0 radical (unpaired) electrons. The Labute approximate surface area is 193 Å². The lowest BCUT2D eigenvalue weighted by Crippen LogP contribution is -2.22. The zero-order chi connectivity index (χ0) is 22.3. The van der Waals surface area contributed by atoms with E-state index in [1.807, 2.05) is 30.3 Å². The van der Waals surface area contributed by atoms with Crippen molar-refractivity contribution in [1.29, 1.82) is 0 Å². The molecule has 0 bridgehead atoms. The molecule has 1 atom stereocenters. The van der Waals surface area contributed by atoms with Gasteiger partial charge in [-0.05, 0) is 42.5 Å². The minimum atomic E-state index is -0.430. The van der Waals surface area contributed by atoms with Crippen LogP contribution in [0.2, 0.25) is 0 Å². The van der Waals surface area contributed by atoms with E-state index < -0.39 is 6.10 Å². The van der Waals surface area contributed by atoms with E-state index in [0.29, 0.717) is 12.5 Å². The molecule has 0 aliphatic carbocycles. The predicted octanol–water partition coefficient (Wildman–Crippen LogP) is 6.11. The number of hydrogen-bond donors (Lipinski definition) is 2. The van der Waals surface area contributed by atoms with E-state index >= 15 is 0 Å². The van der Waals surface area contributed by atoms with E-state index in [2.05, 4.69) is 66.0 Å². The van der Waals surface area contributed by atoms with Gasteiger partial charge in [-0.15, -0.1) is 0 Å². The van der Waals surface area contributed by atoms with Crippen molar-refractivity contribution < 1.29 is 9.84 Å². The maximum Gasteiger partial charge on any atom is 0.0914 e. The van der Waals surface area contributed by atoms with Crippen LogP contribution in [-0.2, 0) is 4.74 Å². The van der Waals surface area contributed by atoms with Crippen molar-refractivity contribution in [2.24, 2.45) is 0 Å². The summed E-state index contributed by atoms with van der Waals surface area (Å²) in [6, 6.07) is 31.3. The molecule has 2 N–H and O–H groups in total. The normalized spacial score (nSPS) is 12.2. The maximum absolute atomic E-state index is 10.1. The van der Waals surface area contributed by atoms with Crippen LogP contribution < -0.4 is 5.32 Å². The summed E-state index contributed by atoms with van der Waals surface area (Å²) < 4.78 is 5.97. The molecule has 0 saturated carbocycles. The van der Waals surface area contributed by atoms with Crippen LogP contribution in [0.25, 0.3) is 0 Å². The molecular formula is C29H37NO2. The van der Waals surface area contributed by atoms with Crippen LogP contribution in [0.1, 0.15) is 60.8 Å². The van der Waals surface area contributed by atoms with E-state index in [-0.39, 0.29) is 0 Å². The van der Waals surface area contributed by atoms with Crippen LogP contribution in [0, 0.1) is 0 Å². The smallest absolute Gasteiger partial charge is 0.0914 e. The quantitative estimate of drug-likeness (QED) is 0.285. The van der Waals surface area contributed by atoms with Gasteiger partial charge >= 0.3 is 0 Å². The molecule has 3 nitrogen and oxygen atoms in total. The van der Waals surface area contributed by atoms with Gasteiger partial charge in [0.1, 0.15) is 0 Å². The number of hydrogen-bond acceptors (Lipinski definition) is 3. The van der Waals surface area contributed by atoms with Gasteiger partial charge in [0.25, 0.3) is 0 Å². The molecule has 0 aliphatic rings. The van der Waals surface area contributed by atoms with Gasteiger partial charge < -0.3 is 15.2 Å². The van der Waals surface area contributed by atoms with E-state index in [1.165, 1.54) is 24.0 Å². The van der Waals surface area contributed by atoms with E-state index in [1.54, 1.807) is 0 Å². The van der Waals surface area contributed by atoms with Gasteiger partial charge in [0.15, 0.2) is 0 Å². The second-order valence-electron chi connectivity index (χ2n) is 8.32. The number of aliphatic hydroxyl groups is 1. The minimum Gasteiger partial charge on any atom is -0.387 e. The van der Waals surface area contributed by atoms with Crippen LogP contribution in [0.5, 0.6) is 0 Å². The fraction of sp³-hybridized carbons (Fsp3) is 0.379. The lowest BCUT2D eigenvalue weighted by molar-refractivity contribution is 0.125. The van der Waals surface area contributed by atoms with Gasteiger partial charge in [0.2, 0.25) is 0 Å². The SMILES string of the molecule is OC(CNCCCCCCOCCC(c1ccccc1)c1ccccc1)c1ccccc1. The molecule has 0 heterocycles. The van der Waals surface area contributed by atoms with Gasteiger partial charge in [0.05, 0.1) is 6.10 Å². The first kappa shape index (κ1) is 24.2. The van der Waals surface area contributed by atoms with Crippen LogP contribution in [0.4, 0.5) is 0 Å². The van der Waals surface area contributed by atoms with Crippen molar-refractivity contribution in [2.75, 3.05) is 26.3 Å². The highest BCUT2D eigenvalue weighted by atomic mass is 16.5. The average molecular weight is 432 g/mol. The summed E-state index contributed by atoms with van der Waals surface area (Å²) in [5.74, 6) is 0.384. The summed E-state index contributed by atoms with van der Waals surface area (Å²) in [4.78, 5) is 0. The summed E-state index contributed by atoms with van der Waals surface area (Å²) in [6.45, 7) is 3.17. The lowest BCUT2D eigenvalue weighted by Gasteiger charge is -2.18. The number of benzene rings is 3. The highest BCUT2D eigenvalue weighted by Crippen LogP contribution is 2.27. The highest BCUT2D eigenvalue weighted by molar-refractivity contribution is 5.32. The summed E-state index contributed by atoms with van der Waals surface area (Å²) in [6.07, 6.45) is 5.18. The monoisotopic (exact) mass is 431 g/mol. The molecule has 170 valence electrons. The van der Waals surface area contributed by atoms with Crippen molar-refractivity contribution in [3.63, 3.8) is 0 Å². The largest absolute Gasteiger partial charge is 0.387 e. The first-order chi connectivity index (χ1) is 15.8. The molecule has 0 fully saturated rings. The number of nitrogens with one attached hydrogen (secondary N) is 1. The topological polar surface area (TPSA) is 41.5 Å². The van der Waals surface area contributed by atoms with E-state index in [9.17, 15) is 5.11 Å². The summed E-state index contributed by atoms with van der Waals surface area (Å²) in [7, 11) is 0. The average Bonchev–Trinajstić information content (AvgIpc) is 2.86. The van der Waals surface area contributed by atoms with Crippen LogP contribution >= 0.6 is 0 Å². The molecule has 3 aromatic rings. The molecule has 0 amide bonds. The molecule has 1 unspecified atom stereocenters. The molecule has 3 aromatic carbocycles. The minimum absolute atomic E-state index is 0.384. The highest BCUT2D eigenvalue weighted by Gasteiger charge is 2.13. The molecule has 32 heavy (non-hydrogen) atoms. The van der Waals surface area contributed by atoms with Gasteiger partial charge in [-0.1, -0.05) is 104 Å². The Hall–Kier alpha value is -2.46. The van der Waals surface area contributed by atoms with Gasteiger partial charge in [0, 0.05) is 25.7 Å². The van der Waals surface area contributed by atoms with Crippen molar-refractivity contribution in [2.45, 2.75) is 44.1 Å². The molecule has 0 aromatic heterocycles. The van der Waals surface area contributed by atoms with Crippen molar-refractivity contribution in [3.05, 3.63) is 108 Å². The Morgan fingerprint density at radius 3 is 1.75 bits per heavy atom. The first-order valence-electron chi connectivity index (χ1n) is 12.0. The van der Waals surface area contributed by atoms with Crippen LogP contribution in [-0.4, -0.2) is 31.4 Å². The van der Waals surface area contributed by atoms with Crippen LogP contribution in [0.3, 0.4) is 0 Å². The van der Waals surface area contributed by atoms with E-state index in [0.717, 1.165) is 44.6 Å². The molecular weight excluding hydrogens is 394 g/mol. The zero-order valence-electron chi connectivity index (χ0n) is 19.0. The Morgan fingerprint density at radius 2 is 1.16 bits per heavy atom. The molecule has 3 heteroatoms. The van der Waals surface area contributed by atoms with Crippen molar-refractivity contribution in [1.82, 2.24) is 5.32 Å². The Morgan fingerprint density at radius 1 is 0.625 bits per heavy atom. The first-order valence-corrected chi connectivity index (χ1v) is 12.0. The second-order valence-corrected chi connectivity index (χ2v) is 8.32. The van der Waals surface area contributed by atoms with Gasteiger partial charge in [-0.3, -0.25) is 0 Å². The lowest BCUT2D eigenvalue weighted by atomic mass is 9.89. The predicted molar refractivity (Wildman–Crippen MR) is 133 cm³/mol. The number of aliphatic hydroxyl groups excluding tert-OH is 1. The summed E-state index contributed by atoms with van der Waals surface area (Å²) >= 11 is 0. The molecule has 0 saturated heterocycles. The Kier molecular flexibility index (Phi) is 11.0. The maximum atomic E-state index is 10.1. The zero-order valence-corrected chi connectivity index (χ0v) is 19.0. The standard InChI is InChI=1S/C29H37NO2/c31-29(27-18-10-5-11-19-27)24-30-21-12-1-2-13-22-32-23-20-28(25-14-6-3-7-15-25)26-16-8-4-9-17-26/h3-11,14-19,28-31H,1-2,12-13,20-24H2. The number of unbranched alkanes of at least 4 members (excludes halogenated alkanes) is 3. The number of ether oxygens (including phenoxy) is 1. The Bertz CT molecular complexity index is 799.